The number of hydrogen-bond acceptors (Lipinski definition) is 5. The number of ether oxygens (including phenoxy) is 1. The van der Waals surface area contributed by atoms with E-state index in [0.29, 0.717) is 4.31 Å². The van der Waals surface area contributed by atoms with Crippen molar-refractivity contribution in [1.29, 1.82) is 5.26 Å². The van der Waals surface area contributed by atoms with E-state index in [4.69, 9.17) is 5.26 Å². The molecule has 114 valence electrons. The van der Waals surface area contributed by atoms with Crippen LogP contribution in [0.3, 0.4) is 0 Å². The summed E-state index contributed by atoms with van der Waals surface area (Å²) in [6.07, 6.45) is 0. The van der Waals surface area contributed by atoms with Gasteiger partial charge in [-0.15, -0.1) is 0 Å². The number of amides is 1. The Hall–Kier alpha value is -2.21. The number of sulfonamides is 1. The van der Waals surface area contributed by atoms with Crippen molar-refractivity contribution in [2.75, 3.05) is 6.54 Å². The molecule has 0 aliphatic heterocycles. The minimum atomic E-state index is -4.32. The Bertz CT molecular complexity index is 683. The number of carbonyl (C=O) groups excluding carboxylic acids is 1. The second kappa shape index (κ2) is 6.49. The molecule has 0 fully saturated rings. The predicted octanol–water partition coefficient (Wildman–Crippen LogP) is 1.72. The number of nitriles is 1. The number of benzene rings is 1. The van der Waals surface area contributed by atoms with Crippen molar-refractivity contribution in [3.8, 4) is 11.8 Å². The maximum absolute atomic E-state index is 12.3. The molecule has 0 aliphatic carbocycles. The van der Waals surface area contributed by atoms with Gasteiger partial charge in [0.25, 0.3) is 10.0 Å². The van der Waals surface area contributed by atoms with Gasteiger partial charge in [-0.25, -0.2) is 12.7 Å². The average Bonchev–Trinajstić information content (AvgIpc) is 2.37. The summed E-state index contributed by atoms with van der Waals surface area (Å²) in [6, 6.07) is 4.77. The molecule has 0 spiro atoms. The van der Waals surface area contributed by atoms with Gasteiger partial charge in [-0.3, -0.25) is 4.79 Å². The van der Waals surface area contributed by atoms with Crippen LogP contribution in [0.2, 0.25) is 0 Å². The Kier molecular flexibility index (Phi) is 5.21. The van der Waals surface area contributed by atoms with E-state index in [1.807, 2.05) is 0 Å². The topological polar surface area (TPSA) is 87.5 Å². The molecular formula is C12H12F2N2O4S. The lowest BCUT2D eigenvalue weighted by Crippen LogP contribution is -2.35. The quantitative estimate of drug-likeness (QED) is 0.825. The van der Waals surface area contributed by atoms with Gasteiger partial charge >= 0.3 is 6.61 Å². The van der Waals surface area contributed by atoms with Crippen molar-refractivity contribution in [2.24, 2.45) is 0 Å². The van der Waals surface area contributed by atoms with E-state index in [1.165, 1.54) is 13.0 Å². The highest BCUT2D eigenvalue weighted by Gasteiger charge is 2.30. The Balaban J connectivity index is 3.50. The summed E-state index contributed by atoms with van der Waals surface area (Å²) in [7, 11) is -4.32. The fraction of sp³-hybridized carbons (Fsp3) is 0.333. The van der Waals surface area contributed by atoms with Crippen molar-refractivity contribution < 1.29 is 26.7 Å². The number of hydrogen-bond donors (Lipinski definition) is 0. The maximum atomic E-state index is 12.3. The SMILES string of the molecule is CCN(C(C)=O)S(=O)(=O)c1cccc(OC(F)F)c1C#N. The molecule has 1 rings (SSSR count). The summed E-state index contributed by atoms with van der Waals surface area (Å²) >= 11 is 0. The molecule has 1 aromatic carbocycles. The first-order valence-electron chi connectivity index (χ1n) is 5.76. The van der Waals surface area contributed by atoms with Crippen molar-refractivity contribution in [3.63, 3.8) is 0 Å². The third kappa shape index (κ3) is 3.46. The van der Waals surface area contributed by atoms with Crippen molar-refractivity contribution in [1.82, 2.24) is 4.31 Å². The molecule has 0 heterocycles. The minimum Gasteiger partial charge on any atom is -0.433 e. The van der Waals surface area contributed by atoms with Crippen LogP contribution in [-0.2, 0) is 14.8 Å². The second-order valence-corrected chi connectivity index (χ2v) is 5.64. The lowest BCUT2D eigenvalue weighted by Gasteiger charge is -2.20. The zero-order chi connectivity index (χ0) is 16.2. The second-order valence-electron chi connectivity index (χ2n) is 3.81. The van der Waals surface area contributed by atoms with Gasteiger partial charge in [0.1, 0.15) is 22.3 Å². The van der Waals surface area contributed by atoms with Crippen LogP contribution in [0, 0.1) is 11.3 Å². The fourth-order valence-corrected chi connectivity index (χ4v) is 3.28. The molecular weight excluding hydrogens is 306 g/mol. The van der Waals surface area contributed by atoms with Crippen LogP contribution in [0.1, 0.15) is 19.4 Å². The number of halogens is 2. The summed E-state index contributed by atoms with van der Waals surface area (Å²) in [5, 5.41) is 9.03. The first kappa shape index (κ1) is 16.8. The summed E-state index contributed by atoms with van der Waals surface area (Å²) in [4.78, 5) is 10.8. The van der Waals surface area contributed by atoms with Crippen molar-refractivity contribution in [2.45, 2.75) is 25.4 Å². The van der Waals surface area contributed by atoms with Crippen LogP contribution in [0.4, 0.5) is 8.78 Å². The van der Waals surface area contributed by atoms with Crippen molar-refractivity contribution >= 4 is 15.9 Å². The van der Waals surface area contributed by atoms with Gasteiger partial charge in [-0.1, -0.05) is 6.07 Å². The molecule has 9 heteroatoms. The molecule has 6 nitrogen and oxygen atoms in total. The van der Waals surface area contributed by atoms with E-state index in [0.717, 1.165) is 25.1 Å². The smallest absolute Gasteiger partial charge is 0.387 e. The number of carbonyl (C=O) groups is 1. The van der Waals surface area contributed by atoms with E-state index >= 15 is 0 Å². The van der Waals surface area contributed by atoms with Crippen LogP contribution in [0.5, 0.6) is 5.75 Å². The molecule has 0 saturated carbocycles. The highest BCUT2D eigenvalue weighted by molar-refractivity contribution is 7.89. The standard InChI is InChI=1S/C12H12F2N2O4S/c1-3-16(8(2)17)21(18,19)11-6-4-5-10(9(11)7-15)20-12(13)14/h4-6,12H,3H2,1-2H3. The molecule has 0 N–H and O–H groups in total. The normalized spacial score (nSPS) is 11.0. The van der Waals surface area contributed by atoms with E-state index in [1.54, 1.807) is 0 Å². The molecule has 0 saturated heterocycles. The molecule has 0 atom stereocenters. The summed E-state index contributed by atoms with van der Waals surface area (Å²) in [5.74, 6) is -1.31. The van der Waals surface area contributed by atoms with E-state index in [-0.39, 0.29) is 6.54 Å². The Morgan fingerprint density at radius 1 is 1.48 bits per heavy atom. The fourth-order valence-electron chi connectivity index (χ4n) is 1.71. The molecule has 0 aliphatic rings. The van der Waals surface area contributed by atoms with Gasteiger partial charge < -0.3 is 4.74 Å². The molecule has 0 aromatic heterocycles. The minimum absolute atomic E-state index is 0.150. The zero-order valence-corrected chi connectivity index (χ0v) is 12.0. The van der Waals surface area contributed by atoms with E-state index < -0.39 is 38.8 Å². The highest BCUT2D eigenvalue weighted by Crippen LogP contribution is 2.28. The first-order chi connectivity index (χ1) is 9.75. The van der Waals surface area contributed by atoms with Crippen LogP contribution < -0.4 is 4.74 Å². The third-order valence-corrected chi connectivity index (χ3v) is 4.51. The lowest BCUT2D eigenvalue weighted by molar-refractivity contribution is -0.124. The summed E-state index contributed by atoms with van der Waals surface area (Å²) in [6.45, 7) is -0.871. The van der Waals surface area contributed by atoms with Gasteiger partial charge in [0, 0.05) is 13.5 Å². The van der Waals surface area contributed by atoms with Gasteiger partial charge in [0.2, 0.25) is 5.91 Å². The summed E-state index contributed by atoms with van der Waals surface area (Å²) in [5.41, 5.74) is -0.572. The zero-order valence-electron chi connectivity index (χ0n) is 11.2. The van der Waals surface area contributed by atoms with Crippen molar-refractivity contribution in [3.05, 3.63) is 23.8 Å². The molecule has 21 heavy (non-hydrogen) atoms. The maximum Gasteiger partial charge on any atom is 0.387 e. The van der Waals surface area contributed by atoms with Gasteiger partial charge in [-0.2, -0.15) is 14.0 Å². The average molecular weight is 318 g/mol. The highest BCUT2D eigenvalue weighted by atomic mass is 32.2. The number of rotatable bonds is 5. The largest absolute Gasteiger partial charge is 0.433 e. The van der Waals surface area contributed by atoms with Crippen LogP contribution in [0.15, 0.2) is 23.1 Å². The Morgan fingerprint density at radius 2 is 2.10 bits per heavy atom. The predicted molar refractivity (Wildman–Crippen MR) is 68.0 cm³/mol. The third-order valence-electron chi connectivity index (χ3n) is 2.52. The molecule has 0 radical (unpaired) electrons. The Labute approximate surface area is 120 Å². The van der Waals surface area contributed by atoms with Gasteiger partial charge in [0.15, 0.2) is 0 Å². The van der Waals surface area contributed by atoms with Gasteiger partial charge in [-0.05, 0) is 19.1 Å². The molecule has 1 amide bonds. The number of nitrogens with zero attached hydrogens (tertiary/aromatic N) is 2. The number of alkyl halides is 2. The van der Waals surface area contributed by atoms with Crippen LogP contribution in [-0.4, -0.2) is 31.8 Å². The molecule has 0 unspecified atom stereocenters. The summed E-state index contributed by atoms with van der Waals surface area (Å²) < 4.78 is 53.9. The molecule has 0 bridgehead atoms. The lowest BCUT2D eigenvalue weighted by atomic mass is 10.2. The van der Waals surface area contributed by atoms with Crippen LogP contribution in [0.25, 0.3) is 0 Å². The molecule has 1 aromatic rings. The monoisotopic (exact) mass is 318 g/mol. The first-order valence-corrected chi connectivity index (χ1v) is 7.21. The Morgan fingerprint density at radius 3 is 2.52 bits per heavy atom. The van der Waals surface area contributed by atoms with Crippen LogP contribution >= 0.6 is 0 Å². The van der Waals surface area contributed by atoms with Gasteiger partial charge in [0.05, 0.1) is 0 Å². The van der Waals surface area contributed by atoms with E-state index in [9.17, 15) is 22.0 Å². The van der Waals surface area contributed by atoms with E-state index in [2.05, 4.69) is 4.74 Å².